The van der Waals surface area contributed by atoms with Crippen molar-refractivity contribution in [1.29, 1.82) is 0 Å². The predicted octanol–water partition coefficient (Wildman–Crippen LogP) is 3.40. The molecule has 0 spiro atoms. The number of aromatic nitrogens is 1. The molecule has 1 aromatic heterocycles. The quantitative estimate of drug-likeness (QED) is 0.665. The normalized spacial score (nSPS) is 13.1. The van der Waals surface area contributed by atoms with Crippen LogP contribution >= 0.6 is 0 Å². The van der Waals surface area contributed by atoms with Crippen LogP contribution in [-0.2, 0) is 0 Å². The van der Waals surface area contributed by atoms with Gasteiger partial charge in [0.2, 0.25) is 0 Å². The maximum Gasteiger partial charge on any atom is 0.0540 e. The molecule has 3 aromatic rings. The van der Waals surface area contributed by atoms with Gasteiger partial charge >= 0.3 is 0 Å². The van der Waals surface area contributed by atoms with Crippen molar-refractivity contribution in [3.05, 3.63) is 77.8 Å². The molecule has 0 radical (unpaired) electrons. The Hall–Kier alpha value is -2.54. The van der Waals surface area contributed by atoms with E-state index in [0.717, 1.165) is 0 Å². The number of para-hydroxylation sites is 2. The highest BCUT2D eigenvalue weighted by atomic mass is 15.0. The molecule has 0 aliphatic heterocycles. The molecule has 1 heteroatoms. The standard InChI is InChI=1S/C19H17N/c1-3-10-16-17-13-8-9-14-19(17)20(18(16)4-2)15-11-6-5-7-12-15/h3-14H,1H2,2H3/b16-10-,18-4+. The lowest BCUT2D eigenvalue weighted by Gasteiger charge is -2.05. The highest BCUT2D eigenvalue weighted by Gasteiger charge is 2.07. The number of rotatable bonds is 2. The summed E-state index contributed by atoms with van der Waals surface area (Å²) in [7, 11) is 0. The Kier molecular flexibility index (Phi) is 3.26. The van der Waals surface area contributed by atoms with E-state index >= 15 is 0 Å². The van der Waals surface area contributed by atoms with Gasteiger partial charge in [0.25, 0.3) is 0 Å². The fraction of sp³-hybridized carbons (Fsp3) is 0.0526. The van der Waals surface area contributed by atoms with Gasteiger partial charge < -0.3 is 4.57 Å². The van der Waals surface area contributed by atoms with E-state index in [2.05, 4.69) is 78.8 Å². The molecule has 0 aliphatic carbocycles. The summed E-state index contributed by atoms with van der Waals surface area (Å²) in [6, 6.07) is 18.9. The van der Waals surface area contributed by atoms with Gasteiger partial charge in [-0.3, -0.25) is 0 Å². The van der Waals surface area contributed by atoms with E-state index in [9.17, 15) is 0 Å². The van der Waals surface area contributed by atoms with Gasteiger partial charge in [-0.2, -0.15) is 0 Å². The van der Waals surface area contributed by atoms with Crippen LogP contribution in [-0.4, -0.2) is 4.57 Å². The van der Waals surface area contributed by atoms with Gasteiger partial charge in [-0.15, -0.1) is 0 Å². The first-order chi connectivity index (χ1) is 9.86. The summed E-state index contributed by atoms with van der Waals surface area (Å²) in [5, 5.41) is 3.68. The second-order valence-corrected chi connectivity index (χ2v) is 4.68. The molecular formula is C19H17N. The molecule has 0 N–H and O–H groups in total. The zero-order valence-corrected chi connectivity index (χ0v) is 11.6. The SMILES string of the molecule is C=C/C=c1\c(=C/C)n(-c2ccccc2)c2ccccc12. The van der Waals surface area contributed by atoms with Crippen molar-refractivity contribution in [2.24, 2.45) is 0 Å². The van der Waals surface area contributed by atoms with Gasteiger partial charge in [0.15, 0.2) is 0 Å². The van der Waals surface area contributed by atoms with Crippen LogP contribution in [0.15, 0.2) is 67.3 Å². The molecule has 2 aromatic carbocycles. The van der Waals surface area contributed by atoms with Crippen LogP contribution in [0, 0.1) is 0 Å². The van der Waals surface area contributed by atoms with E-state index in [0.29, 0.717) is 0 Å². The minimum absolute atomic E-state index is 1.18. The van der Waals surface area contributed by atoms with Gasteiger partial charge in [0.05, 0.1) is 5.52 Å². The molecule has 3 rings (SSSR count). The molecule has 0 fully saturated rings. The first-order valence-corrected chi connectivity index (χ1v) is 6.81. The van der Waals surface area contributed by atoms with Crippen molar-refractivity contribution >= 4 is 23.1 Å². The first-order valence-electron chi connectivity index (χ1n) is 6.81. The third-order valence-corrected chi connectivity index (χ3v) is 3.52. The van der Waals surface area contributed by atoms with Crippen molar-refractivity contribution in [2.75, 3.05) is 0 Å². The van der Waals surface area contributed by atoms with Crippen LogP contribution in [0.25, 0.3) is 28.7 Å². The van der Waals surface area contributed by atoms with Gasteiger partial charge in [-0.05, 0) is 25.1 Å². The van der Waals surface area contributed by atoms with Crippen LogP contribution in [0.1, 0.15) is 6.92 Å². The van der Waals surface area contributed by atoms with E-state index in [-0.39, 0.29) is 0 Å². The average molecular weight is 259 g/mol. The minimum atomic E-state index is 1.18. The van der Waals surface area contributed by atoms with E-state index < -0.39 is 0 Å². The molecule has 0 aliphatic rings. The van der Waals surface area contributed by atoms with E-state index in [1.54, 1.807) is 0 Å². The monoisotopic (exact) mass is 259 g/mol. The third kappa shape index (κ3) is 1.88. The topological polar surface area (TPSA) is 4.93 Å². The fourth-order valence-corrected chi connectivity index (χ4v) is 2.72. The number of hydrogen-bond donors (Lipinski definition) is 0. The number of nitrogens with zero attached hydrogens (tertiary/aromatic N) is 1. The zero-order valence-electron chi connectivity index (χ0n) is 11.6. The summed E-state index contributed by atoms with van der Waals surface area (Å²) in [4.78, 5) is 0. The molecular weight excluding hydrogens is 242 g/mol. The Morgan fingerprint density at radius 3 is 2.35 bits per heavy atom. The maximum absolute atomic E-state index is 3.84. The summed E-state index contributed by atoms with van der Waals surface area (Å²) in [5.41, 5.74) is 2.40. The summed E-state index contributed by atoms with van der Waals surface area (Å²) in [6.45, 7) is 5.92. The highest BCUT2D eigenvalue weighted by molar-refractivity contribution is 5.84. The van der Waals surface area contributed by atoms with Gasteiger partial charge in [-0.1, -0.05) is 61.2 Å². The van der Waals surface area contributed by atoms with Crippen LogP contribution in [0.4, 0.5) is 0 Å². The lowest BCUT2D eigenvalue weighted by Crippen LogP contribution is -2.27. The van der Waals surface area contributed by atoms with Crippen molar-refractivity contribution in [3.63, 3.8) is 0 Å². The Morgan fingerprint density at radius 2 is 1.65 bits per heavy atom. The third-order valence-electron chi connectivity index (χ3n) is 3.52. The van der Waals surface area contributed by atoms with Crippen molar-refractivity contribution in [1.82, 2.24) is 4.57 Å². The minimum Gasteiger partial charge on any atom is -0.310 e. The highest BCUT2D eigenvalue weighted by Crippen LogP contribution is 2.14. The van der Waals surface area contributed by atoms with Gasteiger partial charge in [-0.25, -0.2) is 0 Å². The number of fused-ring (bicyclic) bond motifs is 1. The molecule has 0 bridgehead atoms. The van der Waals surface area contributed by atoms with Gasteiger partial charge in [0.1, 0.15) is 0 Å². The largest absolute Gasteiger partial charge is 0.310 e. The number of allylic oxidation sites excluding steroid dienone is 1. The Bertz CT molecular complexity index is 867. The summed E-state index contributed by atoms with van der Waals surface area (Å²) in [5.74, 6) is 0. The molecule has 0 amide bonds. The predicted molar refractivity (Wildman–Crippen MR) is 87.3 cm³/mol. The lowest BCUT2D eigenvalue weighted by atomic mass is 10.2. The summed E-state index contributed by atoms with van der Waals surface area (Å²) in [6.07, 6.45) is 6.09. The van der Waals surface area contributed by atoms with Crippen LogP contribution in [0.2, 0.25) is 0 Å². The number of benzene rings is 2. The summed E-state index contributed by atoms with van der Waals surface area (Å²) < 4.78 is 2.30. The molecule has 1 heterocycles. The lowest BCUT2D eigenvalue weighted by molar-refractivity contribution is 1.07. The molecule has 0 unspecified atom stereocenters. The first kappa shape index (κ1) is 12.5. The molecule has 0 saturated carbocycles. The van der Waals surface area contributed by atoms with Crippen molar-refractivity contribution < 1.29 is 0 Å². The molecule has 0 saturated heterocycles. The Labute approximate surface area is 118 Å². The maximum atomic E-state index is 3.84. The average Bonchev–Trinajstić information content (AvgIpc) is 2.82. The van der Waals surface area contributed by atoms with Crippen LogP contribution in [0.3, 0.4) is 0 Å². The van der Waals surface area contributed by atoms with Gasteiger partial charge in [0, 0.05) is 21.6 Å². The van der Waals surface area contributed by atoms with Crippen molar-refractivity contribution in [3.8, 4) is 5.69 Å². The molecule has 1 nitrogen and oxygen atoms in total. The Morgan fingerprint density at radius 1 is 0.950 bits per heavy atom. The van der Waals surface area contributed by atoms with Crippen LogP contribution < -0.4 is 10.6 Å². The van der Waals surface area contributed by atoms with E-state index in [1.165, 1.54) is 27.2 Å². The molecule has 98 valence electrons. The van der Waals surface area contributed by atoms with Crippen molar-refractivity contribution in [2.45, 2.75) is 6.92 Å². The fourth-order valence-electron chi connectivity index (χ4n) is 2.72. The smallest absolute Gasteiger partial charge is 0.0540 e. The van der Waals surface area contributed by atoms with E-state index in [1.807, 2.05) is 12.1 Å². The Balaban J connectivity index is 2.56. The summed E-state index contributed by atoms with van der Waals surface area (Å²) >= 11 is 0. The zero-order chi connectivity index (χ0) is 13.9. The second kappa shape index (κ2) is 5.22. The molecule has 0 atom stereocenters. The van der Waals surface area contributed by atoms with Crippen LogP contribution in [0.5, 0.6) is 0 Å². The molecule has 20 heavy (non-hydrogen) atoms. The van der Waals surface area contributed by atoms with E-state index in [4.69, 9.17) is 0 Å². The second-order valence-electron chi connectivity index (χ2n) is 4.68. The number of hydrogen-bond acceptors (Lipinski definition) is 0.